The van der Waals surface area contributed by atoms with Crippen molar-refractivity contribution in [1.82, 2.24) is 0 Å². The van der Waals surface area contributed by atoms with Crippen LogP contribution in [0.2, 0.25) is 0 Å². The van der Waals surface area contributed by atoms with Gasteiger partial charge in [-0.2, -0.15) is 0 Å². The summed E-state index contributed by atoms with van der Waals surface area (Å²) in [6.45, 7) is 5.46. The van der Waals surface area contributed by atoms with E-state index in [-0.39, 0.29) is 11.7 Å². The number of nitrogens with zero attached hydrogens (tertiary/aromatic N) is 1. The number of rotatable bonds is 2. The van der Waals surface area contributed by atoms with E-state index in [9.17, 15) is 9.90 Å². The van der Waals surface area contributed by atoms with Gasteiger partial charge in [-0.1, -0.05) is 13.8 Å². The maximum Gasteiger partial charge on any atom is 0.243 e. The molecule has 16 heavy (non-hydrogen) atoms. The van der Waals surface area contributed by atoms with Gasteiger partial charge in [-0.15, -0.1) is 0 Å². The lowest BCUT2D eigenvalue weighted by Crippen LogP contribution is -2.40. The summed E-state index contributed by atoms with van der Waals surface area (Å²) < 4.78 is 0. The van der Waals surface area contributed by atoms with E-state index >= 15 is 0 Å². The number of hydrogen-bond acceptors (Lipinski definition) is 3. The molecule has 0 bridgehead atoms. The molecule has 0 radical (unpaired) electrons. The number of carbonyl (C=O) groups excluding carboxylic acids is 1. The summed E-state index contributed by atoms with van der Waals surface area (Å²) in [5.41, 5.74) is 1.67. The lowest BCUT2D eigenvalue weighted by atomic mass is 10.1. The number of hydrogen-bond donors (Lipinski definition) is 2. The van der Waals surface area contributed by atoms with Crippen molar-refractivity contribution in [3.05, 3.63) is 18.2 Å². The zero-order valence-corrected chi connectivity index (χ0v) is 9.53. The average molecular weight is 220 g/mol. The van der Waals surface area contributed by atoms with Gasteiger partial charge in [0.05, 0.1) is 17.9 Å². The van der Waals surface area contributed by atoms with Gasteiger partial charge in [0.2, 0.25) is 5.91 Å². The standard InChI is InChI=1S/C12H16N2O2/c1-8(2)6-14-7-12(16)13-10-5-9(15)3-4-11(10)14/h3-5,8,15H,6-7H2,1-2H3,(H,13,16). The maximum atomic E-state index is 11.5. The second kappa shape index (κ2) is 4.04. The average Bonchev–Trinajstić information content (AvgIpc) is 2.15. The van der Waals surface area contributed by atoms with Gasteiger partial charge in [0.15, 0.2) is 0 Å². The van der Waals surface area contributed by atoms with Gasteiger partial charge in [-0.3, -0.25) is 4.79 Å². The lowest BCUT2D eigenvalue weighted by molar-refractivity contribution is -0.115. The summed E-state index contributed by atoms with van der Waals surface area (Å²) in [7, 11) is 0. The Labute approximate surface area is 94.9 Å². The molecule has 1 amide bonds. The molecule has 0 atom stereocenters. The third-order valence-corrected chi connectivity index (χ3v) is 2.51. The van der Waals surface area contributed by atoms with Gasteiger partial charge in [0, 0.05) is 12.6 Å². The van der Waals surface area contributed by atoms with Crippen molar-refractivity contribution in [2.45, 2.75) is 13.8 Å². The highest BCUT2D eigenvalue weighted by atomic mass is 16.3. The van der Waals surface area contributed by atoms with Crippen molar-refractivity contribution in [1.29, 1.82) is 0 Å². The second-order valence-corrected chi connectivity index (χ2v) is 4.52. The number of nitrogens with one attached hydrogen (secondary N) is 1. The first-order chi connectivity index (χ1) is 7.56. The van der Waals surface area contributed by atoms with Crippen LogP contribution in [-0.4, -0.2) is 24.1 Å². The fourth-order valence-electron chi connectivity index (χ4n) is 1.95. The van der Waals surface area contributed by atoms with E-state index in [1.807, 2.05) is 11.0 Å². The molecule has 0 unspecified atom stereocenters. The van der Waals surface area contributed by atoms with Crippen LogP contribution in [0.1, 0.15) is 13.8 Å². The molecule has 1 heterocycles. The summed E-state index contributed by atoms with van der Waals surface area (Å²) in [5.74, 6) is 0.636. The molecule has 1 aromatic carbocycles. The van der Waals surface area contributed by atoms with Gasteiger partial charge < -0.3 is 15.3 Å². The Morgan fingerprint density at radius 1 is 1.50 bits per heavy atom. The minimum atomic E-state index is -0.0289. The predicted molar refractivity (Wildman–Crippen MR) is 63.8 cm³/mol. The molecule has 0 spiro atoms. The van der Waals surface area contributed by atoms with E-state index in [0.717, 1.165) is 12.2 Å². The van der Waals surface area contributed by atoms with Crippen LogP contribution in [-0.2, 0) is 4.79 Å². The topological polar surface area (TPSA) is 52.6 Å². The first-order valence-corrected chi connectivity index (χ1v) is 5.44. The zero-order valence-electron chi connectivity index (χ0n) is 9.53. The first-order valence-electron chi connectivity index (χ1n) is 5.44. The number of benzene rings is 1. The van der Waals surface area contributed by atoms with E-state index in [2.05, 4.69) is 19.2 Å². The largest absolute Gasteiger partial charge is 0.508 e. The molecular formula is C12H16N2O2. The van der Waals surface area contributed by atoms with Gasteiger partial charge >= 0.3 is 0 Å². The first kappa shape index (κ1) is 10.8. The van der Waals surface area contributed by atoms with Crippen molar-refractivity contribution in [2.75, 3.05) is 23.3 Å². The van der Waals surface area contributed by atoms with Crippen LogP contribution in [0.4, 0.5) is 11.4 Å². The highest BCUT2D eigenvalue weighted by Crippen LogP contribution is 2.32. The Hall–Kier alpha value is -1.71. The Balaban J connectivity index is 2.34. The molecular weight excluding hydrogens is 204 g/mol. The summed E-state index contributed by atoms with van der Waals surface area (Å²) in [6.07, 6.45) is 0. The molecule has 4 heteroatoms. The van der Waals surface area contributed by atoms with E-state index in [0.29, 0.717) is 18.2 Å². The third-order valence-electron chi connectivity index (χ3n) is 2.51. The van der Waals surface area contributed by atoms with Crippen molar-refractivity contribution in [2.24, 2.45) is 5.92 Å². The van der Waals surface area contributed by atoms with E-state index in [4.69, 9.17) is 0 Å². The van der Waals surface area contributed by atoms with Crippen molar-refractivity contribution >= 4 is 17.3 Å². The molecule has 4 nitrogen and oxygen atoms in total. The summed E-state index contributed by atoms with van der Waals surface area (Å²) >= 11 is 0. The van der Waals surface area contributed by atoms with Gasteiger partial charge in [0.25, 0.3) is 0 Å². The van der Waals surface area contributed by atoms with Crippen LogP contribution in [0, 0.1) is 5.92 Å². The van der Waals surface area contributed by atoms with Crippen molar-refractivity contribution in [3.8, 4) is 5.75 Å². The van der Waals surface area contributed by atoms with Crippen molar-refractivity contribution in [3.63, 3.8) is 0 Å². The molecule has 1 aliphatic heterocycles. The second-order valence-electron chi connectivity index (χ2n) is 4.52. The summed E-state index contributed by atoms with van der Waals surface area (Å²) in [4.78, 5) is 13.5. The summed E-state index contributed by atoms with van der Waals surface area (Å²) in [5, 5.41) is 12.1. The smallest absolute Gasteiger partial charge is 0.243 e. The number of fused-ring (bicyclic) bond motifs is 1. The van der Waals surface area contributed by atoms with Gasteiger partial charge in [-0.25, -0.2) is 0 Å². The molecule has 0 aliphatic carbocycles. The Bertz CT molecular complexity index is 415. The van der Waals surface area contributed by atoms with E-state index in [1.165, 1.54) is 0 Å². The Morgan fingerprint density at radius 2 is 2.25 bits per heavy atom. The number of anilines is 2. The Morgan fingerprint density at radius 3 is 2.94 bits per heavy atom. The molecule has 2 N–H and O–H groups in total. The molecule has 2 rings (SSSR count). The minimum absolute atomic E-state index is 0.0289. The molecule has 0 fully saturated rings. The Kier molecular flexibility index (Phi) is 2.73. The molecule has 86 valence electrons. The fourth-order valence-corrected chi connectivity index (χ4v) is 1.95. The highest BCUT2D eigenvalue weighted by molar-refractivity contribution is 6.01. The molecule has 0 aromatic heterocycles. The zero-order chi connectivity index (χ0) is 11.7. The minimum Gasteiger partial charge on any atom is -0.508 e. The number of phenols is 1. The quantitative estimate of drug-likeness (QED) is 0.799. The number of aromatic hydroxyl groups is 1. The van der Waals surface area contributed by atoms with Crippen LogP contribution in [0.15, 0.2) is 18.2 Å². The van der Waals surface area contributed by atoms with Crippen molar-refractivity contribution < 1.29 is 9.90 Å². The number of phenolic OH excluding ortho intramolecular Hbond substituents is 1. The fraction of sp³-hybridized carbons (Fsp3) is 0.417. The summed E-state index contributed by atoms with van der Waals surface area (Å²) in [6, 6.07) is 5.07. The van der Waals surface area contributed by atoms with Crippen LogP contribution in [0.25, 0.3) is 0 Å². The molecule has 0 saturated heterocycles. The SMILES string of the molecule is CC(C)CN1CC(=O)Nc2cc(O)ccc21. The maximum absolute atomic E-state index is 11.5. The third kappa shape index (κ3) is 2.10. The molecule has 1 aromatic rings. The van der Waals surface area contributed by atoms with E-state index < -0.39 is 0 Å². The van der Waals surface area contributed by atoms with Crippen LogP contribution in [0.5, 0.6) is 5.75 Å². The molecule has 1 aliphatic rings. The molecule has 0 saturated carbocycles. The van der Waals surface area contributed by atoms with Crippen LogP contribution in [0.3, 0.4) is 0 Å². The number of carbonyl (C=O) groups is 1. The van der Waals surface area contributed by atoms with Crippen LogP contribution >= 0.6 is 0 Å². The van der Waals surface area contributed by atoms with Gasteiger partial charge in [0.1, 0.15) is 5.75 Å². The van der Waals surface area contributed by atoms with E-state index in [1.54, 1.807) is 12.1 Å². The van der Waals surface area contributed by atoms with Gasteiger partial charge in [-0.05, 0) is 18.1 Å². The lowest BCUT2D eigenvalue weighted by Gasteiger charge is -2.32. The highest BCUT2D eigenvalue weighted by Gasteiger charge is 2.22. The monoisotopic (exact) mass is 220 g/mol. The van der Waals surface area contributed by atoms with Crippen LogP contribution < -0.4 is 10.2 Å². The normalized spacial score (nSPS) is 14.9. The number of amides is 1. The predicted octanol–water partition coefficient (Wildman–Crippen LogP) is 1.81.